The molecule has 1 aliphatic rings. The van der Waals surface area contributed by atoms with Crippen LogP contribution in [0.5, 0.6) is 5.75 Å². The van der Waals surface area contributed by atoms with Gasteiger partial charge in [-0.15, -0.1) is 0 Å². The highest BCUT2D eigenvalue weighted by atomic mass is 79.9. The number of hydrogen-bond donors (Lipinski definition) is 0. The average molecular weight is 341 g/mol. The van der Waals surface area contributed by atoms with Crippen LogP contribution in [0.25, 0.3) is 0 Å². The molecular weight excluding hydrogens is 316 g/mol. The Morgan fingerprint density at radius 1 is 1.25 bits per heavy atom. The standard InChI is InChI=1S/C16H25BrN2O/c1-18(2)16(8-5-9-16)12-19(3)11-13-6-7-15(20-4)14(17)10-13/h6-7,10H,5,8-9,11-12H2,1-4H3. The maximum atomic E-state index is 5.28. The van der Waals surface area contributed by atoms with Crippen LogP contribution in [0.4, 0.5) is 0 Å². The molecule has 0 amide bonds. The monoisotopic (exact) mass is 340 g/mol. The van der Waals surface area contributed by atoms with E-state index in [0.717, 1.165) is 23.3 Å². The number of nitrogens with zero attached hydrogens (tertiary/aromatic N) is 2. The van der Waals surface area contributed by atoms with Gasteiger partial charge in [-0.05, 0) is 74.0 Å². The number of hydrogen-bond acceptors (Lipinski definition) is 3. The Balaban J connectivity index is 1.97. The number of methoxy groups -OCH3 is 1. The van der Waals surface area contributed by atoms with Gasteiger partial charge in [0.15, 0.2) is 0 Å². The molecule has 0 heterocycles. The largest absolute Gasteiger partial charge is 0.496 e. The minimum atomic E-state index is 0.387. The van der Waals surface area contributed by atoms with Gasteiger partial charge < -0.3 is 14.5 Å². The molecule has 1 saturated carbocycles. The summed E-state index contributed by atoms with van der Waals surface area (Å²) in [6.07, 6.45) is 3.99. The zero-order valence-electron chi connectivity index (χ0n) is 12.9. The van der Waals surface area contributed by atoms with Crippen molar-refractivity contribution in [2.24, 2.45) is 0 Å². The Kier molecular flexibility index (Phi) is 5.10. The van der Waals surface area contributed by atoms with Crippen molar-refractivity contribution >= 4 is 15.9 Å². The predicted octanol–water partition coefficient (Wildman–Crippen LogP) is 3.37. The van der Waals surface area contributed by atoms with Gasteiger partial charge in [-0.25, -0.2) is 0 Å². The van der Waals surface area contributed by atoms with Crippen molar-refractivity contribution in [2.45, 2.75) is 31.3 Å². The van der Waals surface area contributed by atoms with Crippen molar-refractivity contribution in [3.05, 3.63) is 28.2 Å². The molecule has 0 aliphatic heterocycles. The third-order valence-corrected chi connectivity index (χ3v) is 5.09. The third kappa shape index (κ3) is 3.35. The molecule has 1 fully saturated rings. The Morgan fingerprint density at radius 3 is 2.40 bits per heavy atom. The lowest BCUT2D eigenvalue weighted by atomic mass is 9.75. The van der Waals surface area contributed by atoms with Crippen molar-refractivity contribution in [3.63, 3.8) is 0 Å². The smallest absolute Gasteiger partial charge is 0.133 e. The van der Waals surface area contributed by atoms with Crippen LogP contribution >= 0.6 is 15.9 Å². The first-order chi connectivity index (χ1) is 9.47. The first-order valence-electron chi connectivity index (χ1n) is 7.15. The van der Waals surface area contributed by atoms with E-state index in [0.29, 0.717) is 5.54 Å². The topological polar surface area (TPSA) is 15.7 Å². The quantitative estimate of drug-likeness (QED) is 0.789. The summed E-state index contributed by atoms with van der Waals surface area (Å²) >= 11 is 3.55. The van der Waals surface area contributed by atoms with Crippen molar-refractivity contribution < 1.29 is 4.74 Å². The van der Waals surface area contributed by atoms with Crippen LogP contribution in [0, 0.1) is 0 Å². The molecule has 0 aromatic heterocycles. The molecule has 1 aliphatic carbocycles. The molecule has 0 saturated heterocycles. The summed E-state index contributed by atoms with van der Waals surface area (Å²) in [5, 5.41) is 0. The van der Waals surface area contributed by atoms with E-state index in [1.165, 1.54) is 24.8 Å². The summed E-state index contributed by atoms with van der Waals surface area (Å²) in [7, 11) is 8.32. The molecule has 4 heteroatoms. The lowest BCUT2D eigenvalue weighted by molar-refractivity contribution is 0.0259. The summed E-state index contributed by atoms with van der Waals surface area (Å²) < 4.78 is 6.30. The van der Waals surface area contributed by atoms with Gasteiger partial charge in [-0.1, -0.05) is 6.07 Å². The molecule has 0 radical (unpaired) electrons. The van der Waals surface area contributed by atoms with Gasteiger partial charge in [0.1, 0.15) is 5.75 Å². The first-order valence-corrected chi connectivity index (χ1v) is 7.94. The Hall–Kier alpha value is -0.580. The molecule has 3 nitrogen and oxygen atoms in total. The van der Waals surface area contributed by atoms with Crippen molar-refractivity contribution in [1.29, 1.82) is 0 Å². The number of likely N-dealkylation sites (N-methyl/N-ethyl adjacent to an activating group) is 2. The van der Waals surface area contributed by atoms with Crippen LogP contribution < -0.4 is 4.74 Å². The summed E-state index contributed by atoms with van der Waals surface area (Å²) in [5.74, 6) is 0.889. The maximum Gasteiger partial charge on any atom is 0.133 e. The van der Waals surface area contributed by atoms with Gasteiger partial charge in [-0.3, -0.25) is 0 Å². The van der Waals surface area contributed by atoms with Crippen LogP contribution in [0.15, 0.2) is 22.7 Å². The number of rotatable bonds is 6. The predicted molar refractivity (Wildman–Crippen MR) is 87.3 cm³/mol. The molecule has 0 atom stereocenters. The van der Waals surface area contributed by atoms with E-state index in [-0.39, 0.29) is 0 Å². The van der Waals surface area contributed by atoms with E-state index >= 15 is 0 Å². The Morgan fingerprint density at radius 2 is 1.95 bits per heavy atom. The molecule has 0 bridgehead atoms. The SMILES string of the molecule is COc1ccc(CN(C)CC2(N(C)C)CCC2)cc1Br. The van der Waals surface area contributed by atoms with Crippen LogP contribution in [0.2, 0.25) is 0 Å². The molecule has 112 valence electrons. The van der Waals surface area contributed by atoms with Gasteiger partial charge in [0, 0.05) is 18.6 Å². The van der Waals surface area contributed by atoms with Gasteiger partial charge in [0.25, 0.3) is 0 Å². The van der Waals surface area contributed by atoms with Crippen LogP contribution in [0.1, 0.15) is 24.8 Å². The molecule has 1 aromatic carbocycles. The molecule has 20 heavy (non-hydrogen) atoms. The van der Waals surface area contributed by atoms with E-state index in [9.17, 15) is 0 Å². The fraction of sp³-hybridized carbons (Fsp3) is 0.625. The van der Waals surface area contributed by atoms with Gasteiger partial charge in [0.2, 0.25) is 0 Å². The number of ether oxygens (including phenoxy) is 1. The highest BCUT2D eigenvalue weighted by Gasteiger charge is 2.39. The lowest BCUT2D eigenvalue weighted by Crippen LogP contribution is -2.56. The van der Waals surface area contributed by atoms with Gasteiger partial charge in [-0.2, -0.15) is 0 Å². The molecule has 0 N–H and O–H groups in total. The van der Waals surface area contributed by atoms with Crippen LogP contribution in [-0.2, 0) is 6.54 Å². The van der Waals surface area contributed by atoms with Crippen LogP contribution in [-0.4, -0.2) is 50.1 Å². The van der Waals surface area contributed by atoms with Crippen LogP contribution in [0.3, 0.4) is 0 Å². The average Bonchev–Trinajstić information content (AvgIpc) is 2.33. The van der Waals surface area contributed by atoms with E-state index < -0.39 is 0 Å². The van der Waals surface area contributed by atoms with E-state index in [2.05, 4.69) is 59.0 Å². The second-order valence-electron chi connectivity index (χ2n) is 6.11. The van der Waals surface area contributed by atoms with Gasteiger partial charge in [0.05, 0.1) is 11.6 Å². The fourth-order valence-corrected chi connectivity index (χ4v) is 3.60. The summed E-state index contributed by atoms with van der Waals surface area (Å²) in [6.45, 7) is 2.10. The van der Waals surface area contributed by atoms with Crippen molar-refractivity contribution in [3.8, 4) is 5.75 Å². The molecule has 2 rings (SSSR count). The zero-order valence-corrected chi connectivity index (χ0v) is 14.5. The van der Waals surface area contributed by atoms with Gasteiger partial charge >= 0.3 is 0 Å². The normalized spacial score (nSPS) is 17.4. The summed E-state index contributed by atoms with van der Waals surface area (Å²) in [4.78, 5) is 4.82. The summed E-state index contributed by atoms with van der Waals surface area (Å²) in [6, 6.07) is 6.32. The second-order valence-corrected chi connectivity index (χ2v) is 6.97. The fourth-order valence-electron chi connectivity index (χ4n) is 3.01. The van der Waals surface area contributed by atoms with E-state index in [1.807, 2.05) is 6.07 Å². The lowest BCUT2D eigenvalue weighted by Gasteiger charge is -2.49. The number of halogens is 1. The van der Waals surface area contributed by atoms with E-state index in [1.54, 1.807) is 7.11 Å². The first kappa shape index (κ1) is 15.8. The third-order valence-electron chi connectivity index (χ3n) is 4.47. The van der Waals surface area contributed by atoms with Crippen molar-refractivity contribution in [1.82, 2.24) is 9.80 Å². The highest BCUT2D eigenvalue weighted by molar-refractivity contribution is 9.10. The second kappa shape index (κ2) is 6.46. The Bertz CT molecular complexity index is 458. The minimum Gasteiger partial charge on any atom is -0.496 e. The molecular formula is C16H25BrN2O. The zero-order chi connectivity index (χ0) is 14.8. The minimum absolute atomic E-state index is 0.387. The molecule has 0 unspecified atom stereocenters. The Labute approximate surface area is 131 Å². The molecule has 1 aromatic rings. The highest BCUT2D eigenvalue weighted by Crippen LogP contribution is 2.37. The molecule has 0 spiro atoms. The maximum absolute atomic E-state index is 5.28. The summed E-state index contributed by atoms with van der Waals surface area (Å²) in [5.41, 5.74) is 1.70. The van der Waals surface area contributed by atoms with E-state index in [4.69, 9.17) is 4.74 Å². The van der Waals surface area contributed by atoms with Crippen molar-refractivity contribution in [2.75, 3.05) is 34.8 Å². The number of benzene rings is 1.